The molecular weight excluding hydrogens is 444 g/mol. The number of Topliss-reactive ketones (excluding diaryl/α,β-unsaturated/α-hetero) is 1. The fourth-order valence-corrected chi connectivity index (χ4v) is 5.66. The van der Waals surface area contributed by atoms with Gasteiger partial charge in [-0.05, 0) is 30.5 Å². The van der Waals surface area contributed by atoms with Gasteiger partial charge in [0.25, 0.3) is 0 Å². The van der Waals surface area contributed by atoms with Gasteiger partial charge in [-0.15, -0.1) is 10.2 Å². The first kappa shape index (κ1) is 21.2. The van der Waals surface area contributed by atoms with Crippen molar-refractivity contribution >= 4 is 40.7 Å². The van der Waals surface area contributed by atoms with Crippen molar-refractivity contribution < 1.29 is 9.59 Å². The van der Waals surface area contributed by atoms with Crippen molar-refractivity contribution in [2.45, 2.75) is 49.7 Å². The molecule has 6 nitrogen and oxygen atoms in total. The molecule has 1 N–H and O–H groups in total. The molecule has 1 amide bonds. The van der Waals surface area contributed by atoms with Crippen LogP contribution in [0.3, 0.4) is 0 Å². The van der Waals surface area contributed by atoms with Crippen molar-refractivity contribution in [2.24, 2.45) is 0 Å². The SMILES string of the molecule is O=C1Cc2cc(C(=O)CSc3nnc(-c4ccccc4)n3C3CCCCC3)c(Cl)cc2N1. The van der Waals surface area contributed by atoms with Gasteiger partial charge < -0.3 is 5.32 Å². The molecule has 1 fully saturated rings. The van der Waals surface area contributed by atoms with Gasteiger partial charge in [0.1, 0.15) is 0 Å². The minimum atomic E-state index is -0.0818. The predicted octanol–water partition coefficient (Wildman–Crippen LogP) is 5.57. The molecule has 0 bridgehead atoms. The number of fused-ring (bicyclic) bond motifs is 1. The summed E-state index contributed by atoms with van der Waals surface area (Å²) in [6, 6.07) is 13.8. The lowest BCUT2D eigenvalue weighted by Gasteiger charge is -2.25. The molecule has 1 aliphatic carbocycles. The summed E-state index contributed by atoms with van der Waals surface area (Å²) in [4.78, 5) is 24.7. The highest BCUT2D eigenvalue weighted by molar-refractivity contribution is 7.99. The summed E-state index contributed by atoms with van der Waals surface area (Å²) in [7, 11) is 0. The van der Waals surface area contributed by atoms with Crippen molar-refractivity contribution in [3.63, 3.8) is 0 Å². The maximum atomic E-state index is 13.0. The van der Waals surface area contributed by atoms with Gasteiger partial charge in [0.15, 0.2) is 16.8 Å². The lowest BCUT2D eigenvalue weighted by Crippen LogP contribution is -2.15. The molecule has 1 aromatic heterocycles. The van der Waals surface area contributed by atoms with Crippen LogP contribution in [0.4, 0.5) is 5.69 Å². The fraction of sp³-hybridized carbons (Fsp3) is 0.333. The maximum absolute atomic E-state index is 13.0. The third-order valence-corrected chi connectivity index (χ3v) is 7.34. The molecule has 164 valence electrons. The van der Waals surface area contributed by atoms with Crippen molar-refractivity contribution in [3.8, 4) is 11.4 Å². The lowest BCUT2D eigenvalue weighted by molar-refractivity contribution is -0.115. The third-order valence-electron chi connectivity index (χ3n) is 6.09. The number of rotatable bonds is 6. The van der Waals surface area contributed by atoms with Crippen molar-refractivity contribution in [2.75, 3.05) is 11.1 Å². The number of carbonyl (C=O) groups is 2. The Morgan fingerprint density at radius 1 is 1.12 bits per heavy atom. The van der Waals surface area contributed by atoms with E-state index < -0.39 is 0 Å². The molecule has 2 heterocycles. The summed E-state index contributed by atoms with van der Waals surface area (Å²) in [5.41, 5.74) is 2.97. The van der Waals surface area contributed by atoms with Crippen LogP contribution in [0, 0.1) is 0 Å². The number of anilines is 1. The highest BCUT2D eigenvalue weighted by Crippen LogP contribution is 2.36. The highest BCUT2D eigenvalue weighted by Gasteiger charge is 2.26. The van der Waals surface area contributed by atoms with Gasteiger partial charge in [0, 0.05) is 22.9 Å². The van der Waals surface area contributed by atoms with Gasteiger partial charge >= 0.3 is 0 Å². The Bertz CT molecular complexity index is 1170. The Balaban J connectivity index is 1.40. The second-order valence-electron chi connectivity index (χ2n) is 8.26. The van der Waals surface area contributed by atoms with E-state index in [9.17, 15) is 9.59 Å². The van der Waals surface area contributed by atoms with Crippen LogP contribution in [0.1, 0.15) is 54.1 Å². The molecule has 5 rings (SSSR count). The summed E-state index contributed by atoms with van der Waals surface area (Å²) < 4.78 is 2.22. The van der Waals surface area contributed by atoms with E-state index in [1.54, 1.807) is 12.1 Å². The van der Waals surface area contributed by atoms with Crippen LogP contribution >= 0.6 is 23.4 Å². The third kappa shape index (κ3) is 4.19. The van der Waals surface area contributed by atoms with Gasteiger partial charge in [0.2, 0.25) is 5.91 Å². The summed E-state index contributed by atoms with van der Waals surface area (Å²) in [6.07, 6.45) is 6.11. The largest absolute Gasteiger partial charge is 0.325 e. The van der Waals surface area contributed by atoms with E-state index in [4.69, 9.17) is 11.6 Å². The molecule has 32 heavy (non-hydrogen) atoms. The van der Waals surface area contributed by atoms with Gasteiger partial charge in [-0.25, -0.2) is 0 Å². The van der Waals surface area contributed by atoms with Crippen molar-refractivity contribution in [3.05, 3.63) is 58.6 Å². The Morgan fingerprint density at radius 3 is 2.69 bits per heavy atom. The molecule has 0 saturated heterocycles. The average Bonchev–Trinajstić information content (AvgIpc) is 3.40. The Labute approximate surface area is 195 Å². The van der Waals surface area contributed by atoms with E-state index in [2.05, 4.69) is 20.1 Å². The smallest absolute Gasteiger partial charge is 0.228 e. The molecule has 3 aromatic rings. The molecule has 2 aromatic carbocycles. The summed E-state index contributed by atoms with van der Waals surface area (Å²) in [6.45, 7) is 0. The summed E-state index contributed by atoms with van der Waals surface area (Å²) in [5.74, 6) is 0.901. The number of thioether (sulfide) groups is 1. The van der Waals surface area contributed by atoms with E-state index in [1.165, 1.54) is 31.0 Å². The number of ketones is 1. The normalized spacial score (nSPS) is 16.1. The Morgan fingerprint density at radius 2 is 1.91 bits per heavy atom. The molecule has 0 spiro atoms. The lowest BCUT2D eigenvalue weighted by atomic mass is 9.95. The van der Waals surface area contributed by atoms with E-state index in [0.29, 0.717) is 22.3 Å². The zero-order valence-corrected chi connectivity index (χ0v) is 19.1. The molecule has 0 atom stereocenters. The second-order valence-corrected chi connectivity index (χ2v) is 9.61. The highest BCUT2D eigenvalue weighted by atomic mass is 35.5. The molecule has 0 radical (unpaired) electrons. The number of halogens is 1. The minimum Gasteiger partial charge on any atom is -0.325 e. The first-order valence-corrected chi connectivity index (χ1v) is 12.2. The van der Waals surface area contributed by atoms with E-state index in [0.717, 1.165) is 34.9 Å². The fourth-order valence-electron chi connectivity index (χ4n) is 4.50. The zero-order valence-electron chi connectivity index (χ0n) is 17.5. The molecule has 0 unspecified atom stereocenters. The van der Waals surface area contributed by atoms with Gasteiger partial charge in [0.05, 0.1) is 17.2 Å². The number of amides is 1. The zero-order chi connectivity index (χ0) is 22.1. The van der Waals surface area contributed by atoms with E-state index in [1.807, 2.05) is 30.3 Å². The number of aromatic nitrogens is 3. The van der Waals surface area contributed by atoms with Gasteiger partial charge in [-0.3, -0.25) is 14.2 Å². The Hall–Kier alpha value is -2.64. The van der Waals surface area contributed by atoms with Crippen LogP contribution < -0.4 is 5.32 Å². The van der Waals surface area contributed by atoms with Crippen molar-refractivity contribution in [1.29, 1.82) is 0 Å². The van der Waals surface area contributed by atoms with Crippen LogP contribution in [-0.4, -0.2) is 32.2 Å². The first-order chi connectivity index (χ1) is 15.6. The number of nitrogens with zero attached hydrogens (tertiary/aromatic N) is 3. The molecular formula is C24H23ClN4O2S. The summed E-state index contributed by atoms with van der Waals surface area (Å²) in [5, 5.41) is 12.8. The number of nitrogens with one attached hydrogen (secondary N) is 1. The molecule has 1 aliphatic heterocycles. The van der Waals surface area contributed by atoms with E-state index >= 15 is 0 Å². The number of benzene rings is 2. The quantitative estimate of drug-likeness (QED) is 0.379. The van der Waals surface area contributed by atoms with Gasteiger partial charge in [-0.1, -0.05) is 73.0 Å². The predicted molar refractivity (Wildman–Crippen MR) is 126 cm³/mol. The van der Waals surface area contributed by atoms with Crippen LogP contribution in [0.15, 0.2) is 47.6 Å². The maximum Gasteiger partial charge on any atom is 0.228 e. The average molecular weight is 467 g/mol. The molecule has 1 saturated carbocycles. The molecule has 2 aliphatic rings. The van der Waals surface area contributed by atoms with Crippen molar-refractivity contribution in [1.82, 2.24) is 14.8 Å². The topological polar surface area (TPSA) is 76.9 Å². The number of hydrogen-bond acceptors (Lipinski definition) is 5. The van der Waals surface area contributed by atoms with Crippen LogP contribution in [0.5, 0.6) is 0 Å². The van der Waals surface area contributed by atoms with E-state index in [-0.39, 0.29) is 23.9 Å². The standard InChI is InChI=1S/C24H23ClN4O2S/c25-19-13-20-16(12-22(31)26-20)11-18(19)21(30)14-32-24-28-27-23(15-7-3-1-4-8-15)29(24)17-9-5-2-6-10-17/h1,3-4,7-8,11,13,17H,2,5-6,9-10,12,14H2,(H,26,31). The van der Waals surface area contributed by atoms with Crippen LogP contribution in [-0.2, 0) is 11.2 Å². The van der Waals surface area contributed by atoms with Gasteiger partial charge in [-0.2, -0.15) is 0 Å². The minimum absolute atomic E-state index is 0.0796. The second kappa shape index (κ2) is 9.08. The van der Waals surface area contributed by atoms with Crippen LogP contribution in [0.2, 0.25) is 5.02 Å². The molecule has 8 heteroatoms. The number of carbonyl (C=O) groups excluding carboxylic acids is 2. The monoisotopic (exact) mass is 466 g/mol. The number of hydrogen-bond donors (Lipinski definition) is 1. The van der Waals surface area contributed by atoms with Crippen LogP contribution in [0.25, 0.3) is 11.4 Å². The first-order valence-electron chi connectivity index (χ1n) is 10.9. The Kier molecular flexibility index (Phi) is 6.02. The summed E-state index contributed by atoms with van der Waals surface area (Å²) >= 11 is 7.76.